The molecule has 0 aliphatic carbocycles. The lowest BCUT2D eigenvalue weighted by molar-refractivity contribution is -0.121. The molecule has 0 spiro atoms. The molecule has 0 fully saturated rings. The minimum Gasteiger partial charge on any atom is -0.380 e. The van der Waals surface area contributed by atoms with Crippen LogP contribution in [0.5, 0.6) is 0 Å². The van der Waals surface area contributed by atoms with E-state index >= 15 is 0 Å². The van der Waals surface area contributed by atoms with E-state index in [1.807, 2.05) is 13.8 Å². The predicted molar refractivity (Wildman–Crippen MR) is 67.3 cm³/mol. The zero-order chi connectivity index (χ0) is 11.7. The van der Waals surface area contributed by atoms with Gasteiger partial charge in [0, 0.05) is 12.4 Å². The Morgan fingerprint density at radius 2 is 1.93 bits per heavy atom. The molecule has 0 heterocycles. The van der Waals surface area contributed by atoms with Gasteiger partial charge in [0.25, 0.3) is 0 Å². The van der Waals surface area contributed by atoms with Gasteiger partial charge in [0.1, 0.15) is 0 Å². The normalized spacial score (nSPS) is 11.7. The molecule has 90 valence electrons. The van der Waals surface area contributed by atoms with Gasteiger partial charge >= 0.3 is 0 Å². The van der Waals surface area contributed by atoms with Crippen molar-refractivity contribution in [2.75, 3.05) is 19.0 Å². The van der Waals surface area contributed by atoms with Crippen LogP contribution in [0, 0.1) is 5.41 Å². The van der Waals surface area contributed by atoms with Crippen LogP contribution in [0.4, 0.5) is 0 Å². The molecule has 0 aromatic carbocycles. The molecule has 0 bridgehead atoms. The third-order valence-corrected chi connectivity index (χ3v) is 3.40. The van der Waals surface area contributed by atoms with Crippen molar-refractivity contribution in [2.45, 2.75) is 47.0 Å². The first kappa shape index (κ1) is 15.0. The molecule has 0 N–H and O–H groups in total. The smallest absolute Gasteiger partial charge is 0.196 e. The maximum atomic E-state index is 11.8. The molecule has 2 nitrogen and oxygen atoms in total. The average Bonchev–Trinajstić information content (AvgIpc) is 2.18. The zero-order valence-corrected chi connectivity index (χ0v) is 11.3. The van der Waals surface area contributed by atoms with Crippen molar-refractivity contribution >= 4 is 16.9 Å². The minimum atomic E-state index is -0.340. The first-order valence-corrected chi connectivity index (χ1v) is 6.78. The summed E-state index contributed by atoms with van der Waals surface area (Å²) in [5, 5.41) is 0.257. The van der Waals surface area contributed by atoms with Crippen LogP contribution >= 0.6 is 11.8 Å². The number of ether oxygens (including phenoxy) is 1. The lowest BCUT2D eigenvalue weighted by Gasteiger charge is -2.22. The third kappa shape index (κ3) is 6.96. The Morgan fingerprint density at radius 1 is 1.27 bits per heavy atom. The number of unbranched alkanes of at least 4 members (excludes halogenated alkanes) is 1. The summed E-state index contributed by atoms with van der Waals surface area (Å²) in [6, 6.07) is 0. The van der Waals surface area contributed by atoms with Crippen molar-refractivity contribution in [1.82, 2.24) is 0 Å². The Bertz CT molecular complexity index is 178. The Kier molecular flexibility index (Phi) is 8.16. The van der Waals surface area contributed by atoms with Gasteiger partial charge in [0.2, 0.25) is 0 Å². The summed E-state index contributed by atoms with van der Waals surface area (Å²) in [5.74, 6) is 0.937. The maximum Gasteiger partial charge on any atom is 0.196 e. The summed E-state index contributed by atoms with van der Waals surface area (Å²) in [5.41, 5.74) is -0.340. The molecule has 15 heavy (non-hydrogen) atoms. The first-order chi connectivity index (χ1) is 7.04. The van der Waals surface area contributed by atoms with Crippen LogP contribution in [-0.2, 0) is 9.53 Å². The highest BCUT2D eigenvalue weighted by Crippen LogP contribution is 2.25. The third-order valence-electron chi connectivity index (χ3n) is 2.10. The maximum absolute atomic E-state index is 11.8. The second-order valence-electron chi connectivity index (χ2n) is 4.43. The van der Waals surface area contributed by atoms with Gasteiger partial charge in [0.15, 0.2) is 5.12 Å². The van der Waals surface area contributed by atoms with Crippen molar-refractivity contribution < 1.29 is 9.53 Å². The Hall–Kier alpha value is -0.0200. The van der Waals surface area contributed by atoms with Crippen molar-refractivity contribution in [3.63, 3.8) is 0 Å². The molecule has 0 saturated heterocycles. The van der Waals surface area contributed by atoms with Crippen molar-refractivity contribution in [3.05, 3.63) is 0 Å². The largest absolute Gasteiger partial charge is 0.380 e. The van der Waals surface area contributed by atoms with Crippen LogP contribution in [0.15, 0.2) is 0 Å². The fourth-order valence-electron chi connectivity index (χ4n) is 1.04. The highest BCUT2D eigenvalue weighted by molar-refractivity contribution is 8.13. The average molecular weight is 232 g/mol. The summed E-state index contributed by atoms with van der Waals surface area (Å²) in [4.78, 5) is 11.8. The van der Waals surface area contributed by atoms with Gasteiger partial charge in [-0.3, -0.25) is 4.79 Å². The lowest BCUT2D eigenvalue weighted by Crippen LogP contribution is -2.28. The molecular weight excluding hydrogens is 208 g/mol. The molecule has 0 aliphatic rings. The highest BCUT2D eigenvalue weighted by atomic mass is 32.2. The Morgan fingerprint density at radius 3 is 2.47 bits per heavy atom. The van der Waals surface area contributed by atoms with Gasteiger partial charge in [-0.05, 0) is 26.7 Å². The van der Waals surface area contributed by atoms with Crippen LogP contribution < -0.4 is 0 Å². The summed E-state index contributed by atoms with van der Waals surface area (Å²) >= 11 is 1.45. The lowest BCUT2D eigenvalue weighted by atomic mass is 9.97. The molecule has 0 saturated carbocycles. The molecule has 0 radical (unpaired) electrons. The van der Waals surface area contributed by atoms with Gasteiger partial charge in [-0.15, -0.1) is 0 Å². The molecule has 0 aliphatic heterocycles. The van der Waals surface area contributed by atoms with Gasteiger partial charge in [0.05, 0.1) is 12.0 Å². The van der Waals surface area contributed by atoms with E-state index in [9.17, 15) is 4.79 Å². The molecule has 0 aromatic heterocycles. The molecule has 0 amide bonds. The number of carbonyl (C=O) groups excluding carboxylic acids is 1. The van der Waals surface area contributed by atoms with E-state index in [2.05, 4.69) is 13.8 Å². The van der Waals surface area contributed by atoms with Crippen molar-refractivity contribution in [2.24, 2.45) is 5.41 Å². The van der Waals surface area contributed by atoms with Crippen LogP contribution in [0.25, 0.3) is 0 Å². The summed E-state index contributed by atoms with van der Waals surface area (Å²) in [7, 11) is 0. The number of carbonyl (C=O) groups is 1. The van der Waals surface area contributed by atoms with Crippen molar-refractivity contribution in [3.8, 4) is 0 Å². The van der Waals surface area contributed by atoms with Gasteiger partial charge in [-0.1, -0.05) is 32.0 Å². The van der Waals surface area contributed by atoms with E-state index < -0.39 is 0 Å². The second-order valence-corrected chi connectivity index (χ2v) is 5.49. The minimum absolute atomic E-state index is 0.257. The molecule has 3 heteroatoms. The second kappa shape index (κ2) is 8.17. The standard InChI is InChI=1S/C12H24O2S/c1-5-7-9-15-11(13)12(3,4)10-14-8-6-2/h5-10H2,1-4H3. The predicted octanol–water partition coefficient (Wildman–Crippen LogP) is 3.50. The van der Waals surface area contributed by atoms with E-state index in [4.69, 9.17) is 4.74 Å². The molecule has 0 aromatic rings. The summed E-state index contributed by atoms with van der Waals surface area (Å²) in [6.07, 6.45) is 3.27. The summed E-state index contributed by atoms with van der Waals surface area (Å²) in [6.45, 7) is 9.42. The number of hydrogen-bond donors (Lipinski definition) is 0. The monoisotopic (exact) mass is 232 g/mol. The molecule has 0 unspecified atom stereocenters. The molecule has 0 atom stereocenters. The molecule has 0 rings (SSSR count). The van der Waals surface area contributed by atoms with Gasteiger partial charge in [-0.25, -0.2) is 0 Å². The fraction of sp³-hybridized carbons (Fsp3) is 0.917. The van der Waals surface area contributed by atoms with Crippen LogP contribution in [0.3, 0.4) is 0 Å². The first-order valence-electron chi connectivity index (χ1n) is 5.79. The van der Waals surface area contributed by atoms with Crippen LogP contribution in [0.1, 0.15) is 47.0 Å². The topological polar surface area (TPSA) is 26.3 Å². The van der Waals surface area contributed by atoms with E-state index in [-0.39, 0.29) is 10.5 Å². The zero-order valence-electron chi connectivity index (χ0n) is 10.5. The van der Waals surface area contributed by atoms with Crippen molar-refractivity contribution in [1.29, 1.82) is 0 Å². The van der Waals surface area contributed by atoms with Crippen LogP contribution in [-0.4, -0.2) is 24.1 Å². The fourth-order valence-corrected chi connectivity index (χ4v) is 2.10. The quantitative estimate of drug-likeness (QED) is 0.599. The van der Waals surface area contributed by atoms with Crippen LogP contribution in [0.2, 0.25) is 0 Å². The SMILES string of the molecule is CCCCSC(=O)C(C)(C)COCCC. The van der Waals surface area contributed by atoms with E-state index in [1.165, 1.54) is 11.8 Å². The number of rotatable bonds is 8. The molecular formula is C12H24O2S. The van der Waals surface area contributed by atoms with E-state index in [1.54, 1.807) is 0 Å². The summed E-state index contributed by atoms with van der Waals surface area (Å²) < 4.78 is 5.44. The van der Waals surface area contributed by atoms with E-state index in [0.29, 0.717) is 6.61 Å². The van der Waals surface area contributed by atoms with Gasteiger partial charge in [-0.2, -0.15) is 0 Å². The number of thioether (sulfide) groups is 1. The van der Waals surface area contributed by atoms with E-state index in [0.717, 1.165) is 31.6 Å². The Balaban J connectivity index is 3.80. The van der Waals surface area contributed by atoms with Gasteiger partial charge < -0.3 is 4.74 Å². The number of hydrogen-bond acceptors (Lipinski definition) is 3. The highest BCUT2D eigenvalue weighted by Gasteiger charge is 2.27. The Labute approximate surface area is 98.2 Å².